The van der Waals surface area contributed by atoms with Crippen molar-refractivity contribution in [2.45, 2.75) is 57.7 Å². The minimum absolute atomic E-state index is 0.0888. The van der Waals surface area contributed by atoms with E-state index in [4.69, 9.17) is 14.2 Å². The number of carbonyl (C=O) groups excluding carboxylic acids is 1. The highest BCUT2D eigenvalue weighted by molar-refractivity contribution is 5.95. The zero-order valence-electron chi connectivity index (χ0n) is 20.8. The van der Waals surface area contributed by atoms with Crippen LogP contribution >= 0.6 is 0 Å². The summed E-state index contributed by atoms with van der Waals surface area (Å²) in [6, 6.07) is 14.1. The number of fused-ring (bicyclic) bond motifs is 3. The number of hydrogen-bond donors (Lipinski definition) is 0. The first-order valence-electron chi connectivity index (χ1n) is 12.5. The second-order valence-corrected chi connectivity index (χ2v) is 9.42. The second kappa shape index (κ2) is 11.7. The summed E-state index contributed by atoms with van der Waals surface area (Å²) in [5.74, 6) is 1.73. The van der Waals surface area contributed by atoms with Crippen molar-refractivity contribution in [1.82, 2.24) is 9.80 Å². The van der Waals surface area contributed by atoms with Crippen LogP contribution in [0, 0.1) is 6.92 Å². The Morgan fingerprint density at radius 3 is 2.68 bits per heavy atom. The fraction of sp³-hybridized carbons (Fsp3) is 0.536. The van der Waals surface area contributed by atoms with Gasteiger partial charge in [0, 0.05) is 32.3 Å². The molecule has 0 spiro atoms. The van der Waals surface area contributed by atoms with Gasteiger partial charge in [-0.25, -0.2) is 0 Å². The first-order chi connectivity index (χ1) is 16.6. The Morgan fingerprint density at radius 1 is 1.00 bits per heavy atom. The molecule has 0 aliphatic carbocycles. The van der Waals surface area contributed by atoms with Crippen LogP contribution in [0.2, 0.25) is 0 Å². The van der Waals surface area contributed by atoms with Gasteiger partial charge in [-0.05, 0) is 80.6 Å². The number of methoxy groups -OCH3 is 2. The SMILES string of the molecule is COc1ccc(CN2CCCC[C@H]3[C@@H](OC)CCCN3C(=O)c3cccc(c3)OCC2)c(C)c1. The standard InChI is InChI=1S/C28H38N2O4/c1-21-18-24(32-2)13-12-23(21)20-29-14-5-4-10-26-27(33-3)11-7-15-30(26)28(31)22-8-6-9-25(19-22)34-17-16-29/h6,8-9,12-13,18-19,26-27H,4-5,7,10-11,14-17,20H2,1-3H3/t26-,27-/m0/s1. The van der Waals surface area contributed by atoms with E-state index in [1.165, 1.54) is 11.1 Å². The monoisotopic (exact) mass is 466 g/mol. The zero-order valence-corrected chi connectivity index (χ0v) is 20.8. The molecule has 2 heterocycles. The van der Waals surface area contributed by atoms with E-state index in [0.717, 1.165) is 69.8 Å². The Hall–Kier alpha value is -2.57. The largest absolute Gasteiger partial charge is 0.497 e. The summed E-state index contributed by atoms with van der Waals surface area (Å²) in [5, 5.41) is 0. The summed E-state index contributed by atoms with van der Waals surface area (Å²) in [6.07, 6.45) is 5.20. The highest BCUT2D eigenvalue weighted by Gasteiger charge is 2.34. The van der Waals surface area contributed by atoms with Crippen molar-refractivity contribution in [2.75, 3.05) is 40.5 Å². The van der Waals surface area contributed by atoms with E-state index in [1.807, 2.05) is 35.2 Å². The molecule has 6 heteroatoms. The number of rotatable bonds is 4. The Bertz CT molecular complexity index is 963. The van der Waals surface area contributed by atoms with E-state index in [9.17, 15) is 4.79 Å². The van der Waals surface area contributed by atoms with Crippen molar-refractivity contribution < 1.29 is 19.0 Å². The van der Waals surface area contributed by atoms with Gasteiger partial charge in [0.1, 0.15) is 18.1 Å². The maximum atomic E-state index is 13.4. The minimum atomic E-state index is 0.0888. The molecule has 4 rings (SSSR count). The maximum absolute atomic E-state index is 13.4. The van der Waals surface area contributed by atoms with Crippen molar-refractivity contribution in [2.24, 2.45) is 0 Å². The maximum Gasteiger partial charge on any atom is 0.254 e. The van der Waals surface area contributed by atoms with E-state index in [1.54, 1.807) is 14.2 Å². The fourth-order valence-electron chi connectivity index (χ4n) is 5.24. The molecule has 0 unspecified atom stereocenters. The number of ether oxygens (including phenoxy) is 3. The lowest BCUT2D eigenvalue weighted by molar-refractivity contribution is -0.0156. The zero-order chi connectivity index (χ0) is 23.9. The number of carbonyl (C=O) groups is 1. The molecular formula is C28H38N2O4. The van der Waals surface area contributed by atoms with Crippen LogP contribution in [0.1, 0.15) is 53.6 Å². The molecule has 1 fully saturated rings. The molecule has 2 aromatic carbocycles. The lowest BCUT2D eigenvalue weighted by Crippen LogP contribution is -2.51. The van der Waals surface area contributed by atoms with Crippen LogP contribution in [0.15, 0.2) is 42.5 Å². The van der Waals surface area contributed by atoms with Crippen molar-refractivity contribution in [3.8, 4) is 11.5 Å². The van der Waals surface area contributed by atoms with Crippen molar-refractivity contribution in [3.63, 3.8) is 0 Å². The van der Waals surface area contributed by atoms with Gasteiger partial charge in [-0.15, -0.1) is 0 Å². The molecule has 2 aromatic rings. The molecule has 34 heavy (non-hydrogen) atoms. The molecular weight excluding hydrogens is 428 g/mol. The Labute approximate surface area is 203 Å². The van der Waals surface area contributed by atoms with Gasteiger partial charge in [0.05, 0.1) is 19.3 Å². The van der Waals surface area contributed by atoms with E-state index in [2.05, 4.69) is 24.0 Å². The predicted molar refractivity (Wildman–Crippen MR) is 134 cm³/mol. The number of piperidine rings is 1. The van der Waals surface area contributed by atoms with E-state index in [-0.39, 0.29) is 18.1 Å². The number of amides is 1. The minimum Gasteiger partial charge on any atom is -0.497 e. The van der Waals surface area contributed by atoms with Gasteiger partial charge in [0.2, 0.25) is 0 Å². The number of benzene rings is 2. The predicted octanol–water partition coefficient (Wildman–Crippen LogP) is 4.69. The highest BCUT2D eigenvalue weighted by atomic mass is 16.5. The topological polar surface area (TPSA) is 51.2 Å². The molecule has 184 valence electrons. The van der Waals surface area contributed by atoms with Gasteiger partial charge >= 0.3 is 0 Å². The molecule has 0 N–H and O–H groups in total. The molecule has 2 bridgehead atoms. The van der Waals surface area contributed by atoms with E-state index < -0.39 is 0 Å². The smallest absolute Gasteiger partial charge is 0.254 e. The Morgan fingerprint density at radius 2 is 1.88 bits per heavy atom. The van der Waals surface area contributed by atoms with Crippen LogP contribution in [-0.2, 0) is 11.3 Å². The summed E-state index contributed by atoms with van der Waals surface area (Å²) < 4.78 is 17.3. The Kier molecular flexibility index (Phi) is 8.46. The highest BCUT2D eigenvalue weighted by Crippen LogP contribution is 2.27. The van der Waals surface area contributed by atoms with Crippen LogP contribution in [0.5, 0.6) is 11.5 Å². The quantitative estimate of drug-likeness (QED) is 0.654. The van der Waals surface area contributed by atoms with Crippen LogP contribution in [0.3, 0.4) is 0 Å². The molecule has 1 amide bonds. The van der Waals surface area contributed by atoms with Crippen LogP contribution in [0.25, 0.3) is 0 Å². The molecule has 0 radical (unpaired) electrons. The average Bonchev–Trinajstić information content (AvgIpc) is 2.86. The normalized spacial score (nSPS) is 22.4. The molecule has 0 saturated carbocycles. The van der Waals surface area contributed by atoms with Gasteiger partial charge in [-0.1, -0.05) is 18.6 Å². The molecule has 6 nitrogen and oxygen atoms in total. The third kappa shape index (κ3) is 5.91. The van der Waals surface area contributed by atoms with Crippen molar-refractivity contribution >= 4 is 5.91 Å². The fourth-order valence-corrected chi connectivity index (χ4v) is 5.24. The number of nitrogens with zero attached hydrogens (tertiary/aromatic N) is 2. The number of hydrogen-bond acceptors (Lipinski definition) is 5. The third-order valence-corrected chi connectivity index (χ3v) is 7.21. The summed E-state index contributed by atoms with van der Waals surface area (Å²) in [4.78, 5) is 17.9. The van der Waals surface area contributed by atoms with Crippen LogP contribution in [-0.4, -0.2) is 68.3 Å². The lowest BCUT2D eigenvalue weighted by atomic mass is 9.93. The lowest BCUT2D eigenvalue weighted by Gasteiger charge is -2.41. The second-order valence-electron chi connectivity index (χ2n) is 9.42. The van der Waals surface area contributed by atoms with Gasteiger partial charge in [0.15, 0.2) is 0 Å². The van der Waals surface area contributed by atoms with Gasteiger partial charge < -0.3 is 19.1 Å². The van der Waals surface area contributed by atoms with Crippen LogP contribution < -0.4 is 9.47 Å². The van der Waals surface area contributed by atoms with Crippen molar-refractivity contribution in [3.05, 3.63) is 59.2 Å². The molecule has 2 aliphatic rings. The van der Waals surface area contributed by atoms with Crippen LogP contribution in [0.4, 0.5) is 0 Å². The summed E-state index contributed by atoms with van der Waals surface area (Å²) in [7, 11) is 3.48. The Balaban J connectivity index is 1.53. The average molecular weight is 467 g/mol. The summed E-state index contributed by atoms with van der Waals surface area (Å²) in [5.41, 5.74) is 3.25. The first-order valence-corrected chi connectivity index (χ1v) is 12.5. The van der Waals surface area contributed by atoms with Gasteiger partial charge in [-0.2, -0.15) is 0 Å². The van der Waals surface area contributed by atoms with Gasteiger partial charge in [-0.3, -0.25) is 9.69 Å². The summed E-state index contributed by atoms with van der Waals surface area (Å²) in [6.45, 7) is 6.23. The first kappa shape index (κ1) is 24.6. The van der Waals surface area contributed by atoms with Crippen molar-refractivity contribution in [1.29, 1.82) is 0 Å². The van der Waals surface area contributed by atoms with E-state index in [0.29, 0.717) is 12.2 Å². The summed E-state index contributed by atoms with van der Waals surface area (Å²) >= 11 is 0. The molecule has 1 saturated heterocycles. The van der Waals surface area contributed by atoms with E-state index >= 15 is 0 Å². The molecule has 2 aliphatic heterocycles. The number of aryl methyl sites for hydroxylation is 1. The molecule has 0 aromatic heterocycles. The third-order valence-electron chi connectivity index (χ3n) is 7.21. The molecule has 2 atom stereocenters. The van der Waals surface area contributed by atoms with Gasteiger partial charge in [0.25, 0.3) is 5.91 Å².